The average Bonchev–Trinajstić information content (AvgIpc) is 2.83. The van der Waals surface area contributed by atoms with E-state index in [2.05, 4.69) is 26.3 Å². The van der Waals surface area contributed by atoms with Crippen molar-refractivity contribution in [2.45, 2.75) is 13.3 Å². The largest absolute Gasteiger partial charge is 0.478 e. The van der Waals surface area contributed by atoms with Gasteiger partial charge in [-0.05, 0) is 12.0 Å². The van der Waals surface area contributed by atoms with E-state index in [0.29, 0.717) is 6.42 Å². The molecule has 9 heteroatoms. The fourth-order valence-electron chi connectivity index (χ4n) is 1.07. The van der Waals surface area contributed by atoms with Crippen molar-refractivity contribution in [1.82, 2.24) is 0 Å². The van der Waals surface area contributed by atoms with Gasteiger partial charge in [-0.25, -0.2) is 14.4 Å². The van der Waals surface area contributed by atoms with E-state index in [4.69, 9.17) is 30.6 Å². The number of carbonyl (C=O) groups is 3. The van der Waals surface area contributed by atoms with Crippen LogP contribution in [-0.2, 0) is 14.4 Å². The van der Waals surface area contributed by atoms with Crippen LogP contribution in [0.25, 0.3) is 6.08 Å². The second-order valence-corrected chi connectivity index (χ2v) is 5.57. The molecule has 0 atom stereocenters. The Hall–Kier alpha value is -3.53. The van der Waals surface area contributed by atoms with Gasteiger partial charge in [0.05, 0.1) is 19.8 Å². The maximum Gasteiger partial charge on any atom is 0.327 e. The summed E-state index contributed by atoms with van der Waals surface area (Å²) in [7, 11) is 0. The lowest BCUT2D eigenvalue weighted by Gasteiger charge is -2.24. The third-order valence-electron chi connectivity index (χ3n) is 3.32. The molecule has 0 aliphatic carbocycles. The number of carboxylic acid groups (broad SMARTS) is 3. The summed E-state index contributed by atoms with van der Waals surface area (Å²) >= 11 is 0. The highest BCUT2D eigenvalue weighted by Gasteiger charge is 2.24. The van der Waals surface area contributed by atoms with Gasteiger partial charge in [0.15, 0.2) is 0 Å². The maximum absolute atomic E-state index is 9.25. The highest BCUT2D eigenvalue weighted by molar-refractivity contribution is 5.79. The Morgan fingerprint density at radius 1 is 0.750 bits per heavy atom. The van der Waals surface area contributed by atoms with Gasteiger partial charge in [-0.2, -0.15) is 0 Å². The van der Waals surface area contributed by atoms with Gasteiger partial charge in [0.1, 0.15) is 0 Å². The van der Waals surface area contributed by atoms with Crippen molar-refractivity contribution in [3.63, 3.8) is 0 Å². The minimum atomic E-state index is -0.981. The lowest BCUT2D eigenvalue weighted by Crippen LogP contribution is -2.32. The molecule has 180 valence electrons. The van der Waals surface area contributed by atoms with Crippen molar-refractivity contribution >= 4 is 24.0 Å². The molecule has 0 fully saturated rings. The maximum atomic E-state index is 9.25. The van der Waals surface area contributed by atoms with Crippen molar-refractivity contribution in [3.05, 3.63) is 80.4 Å². The number of benzene rings is 1. The van der Waals surface area contributed by atoms with Crippen LogP contribution in [0.3, 0.4) is 0 Å². The summed E-state index contributed by atoms with van der Waals surface area (Å²) in [5.41, 5.74) is 0.507. The molecule has 0 amide bonds. The SMILES string of the molecule is C=CC(=O)O.C=CC(=O)O.C=CC(=O)O.C=Cc1ccccc1.CCC(CO)(CO)CO. The smallest absolute Gasteiger partial charge is 0.327 e. The molecular weight excluding hydrogens is 420 g/mol. The van der Waals surface area contributed by atoms with Gasteiger partial charge in [-0.15, -0.1) is 0 Å². The monoisotopic (exact) mass is 454 g/mol. The molecule has 0 aliphatic heterocycles. The Morgan fingerprint density at radius 3 is 1.12 bits per heavy atom. The zero-order valence-electron chi connectivity index (χ0n) is 18.3. The Balaban J connectivity index is -0.000000158. The van der Waals surface area contributed by atoms with Gasteiger partial charge in [0, 0.05) is 23.6 Å². The Kier molecular flexibility index (Phi) is 28.6. The molecule has 1 aromatic carbocycles. The van der Waals surface area contributed by atoms with Crippen LogP contribution in [0, 0.1) is 5.41 Å². The number of aliphatic hydroxyl groups excluding tert-OH is 3. The number of hydrogen-bond acceptors (Lipinski definition) is 6. The number of carboxylic acids is 3. The van der Waals surface area contributed by atoms with Crippen molar-refractivity contribution in [1.29, 1.82) is 0 Å². The first-order chi connectivity index (χ1) is 15.0. The number of aliphatic carboxylic acids is 3. The minimum absolute atomic E-state index is 0.156. The summed E-state index contributed by atoms with van der Waals surface area (Å²) in [6, 6.07) is 10.0. The van der Waals surface area contributed by atoms with E-state index in [1.807, 2.05) is 43.3 Å². The van der Waals surface area contributed by atoms with E-state index < -0.39 is 23.3 Å². The summed E-state index contributed by atoms with van der Waals surface area (Å²) < 4.78 is 0. The molecule has 9 nitrogen and oxygen atoms in total. The van der Waals surface area contributed by atoms with Crippen molar-refractivity contribution in [2.24, 2.45) is 5.41 Å². The number of hydrogen-bond donors (Lipinski definition) is 6. The molecule has 0 unspecified atom stereocenters. The molecule has 0 saturated heterocycles. The van der Waals surface area contributed by atoms with E-state index in [1.165, 1.54) is 5.56 Å². The van der Waals surface area contributed by atoms with Crippen LogP contribution in [-0.4, -0.2) is 68.4 Å². The Morgan fingerprint density at radius 2 is 1.03 bits per heavy atom. The van der Waals surface area contributed by atoms with Gasteiger partial charge in [0.25, 0.3) is 0 Å². The van der Waals surface area contributed by atoms with E-state index in [1.54, 1.807) is 0 Å². The third kappa shape index (κ3) is 28.7. The Bertz CT molecular complexity index is 603. The van der Waals surface area contributed by atoms with Crippen molar-refractivity contribution < 1.29 is 45.0 Å². The highest BCUT2D eigenvalue weighted by Crippen LogP contribution is 2.18. The second kappa shape index (κ2) is 25.5. The number of aliphatic hydroxyl groups is 3. The van der Waals surface area contributed by atoms with Crippen LogP contribution in [0.1, 0.15) is 18.9 Å². The molecule has 32 heavy (non-hydrogen) atoms. The first-order valence-electron chi connectivity index (χ1n) is 9.05. The van der Waals surface area contributed by atoms with Crippen LogP contribution >= 0.6 is 0 Å². The molecule has 0 radical (unpaired) electrons. The van der Waals surface area contributed by atoms with Crippen molar-refractivity contribution in [3.8, 4) is 0 Å². The Labute approximate surface area is 188 Å². The quantitative estimate of drug-likeness (QED) is 0.323. The molecule has 0 bridgehead atoms. The molecule has 0 saturated carbocycles. The average molecular weight is 455 g/mol. The fraction of sp³-hybridized carbons (Fsp3) is 0.261. The molecule has 0 heterocycles. The molecule has 0 aliphatic rings. The van der Waals surface area contributed by atoms with Crippen molar-refractivity contribution in [2.75, 3.05) is 19.8 Å². The van der Waals surface area contributed by atoms with Crippen LogP contribution in [0.5, 0.6) is 0 Å². The van der Waals surface area contributed by atoms with E-state index >= 15 is 0 Å². The minimum Gasteiger partial charge on any atom is -0.478 e. The summed E-state index contributed by atoms with van der Waals surface area (Å²) in [4.78, 5) is 27.8. The normalized spacial score (nSPS) is 8.50. The van der Waals surface area contributed by atoms with E-state index in [9.17, 15) is 14.4 Å². The molecule has 0 spiro atoms. The molecule has 0 aromatic heterocycles. The van der Waals surface area contributed by atoms with Gasteiger partial charge >= 0.3 is 17.9 Å². The lowest BCUT2D eigenvalue weighted by atomic mass is 9.88. The number of rotatable bonds is 8. The van der Waals surface area contributed by atoms with Gasteiger partial charge < -0.3 is 30.6 Å². The third-order valence-corrected chi connectivity index (χ3v) is 3.32. The van der Waals surface area contributed by atoms with Crippen LogP contribution in [0.4, 0.5) is 0 Å². The zero-order chi connectivity index (χ0) is 26.0. The summed E-state index contributed by atoms with van der Waals surface area (Å²) in [5.74, 6) is -2.94. The predicted molar refractivity (Wildman–Crippen MR) is 124 cm³/mol. The standard InChI is InChI=1S/C8H8.C6H14O3.3C3H4O2/c1-2-8-6-4-3-5-7-8;1-2-6(3-7,4-8)5-9;3*1-2-3(4)5/h2-7H,1H2;7-9H,2-5H2,1H3;3*2H,1H2,(H,4,5). The first-order valence-corrected chi connectivity index (χ1v) is 9.05. The van der Waals surface area contributed by atoms with E-state index in [0.717, 1.165) is 18.2 Å². The summed E-state index contributed by atoms with van der Waals surface area (Å²) in [6.45, 7) is 13.9. The van der Waals surface area contributed by atoms with Gasteiger partial charge in [-0.1, -0.05) is 69.6 Å². The van der Waals surface area contributed by atoms with Gasteiger partial charge in [-0.3, -0.25) is 0 Å². The predicted octanol–water partition coefficient (Wildman–Crippen LogP) is 2.46. The molecule has 1 rings (SSSR count). The molecular formula is C23H34O9. The van der Waals surface area contributed by atoms with Crippen LogP contribution in [0.2, 0.25) is 0 Å². The molecule has 6 N–H and O–H groups in total. The van der Waals surface area contributed by atoms with Crippen LogP contribution in [0.15, 0.2) is 74.9 Å². The van der Waals surface area contributed by atoms with Gasteiger partial charge in [0.2, 0.25) is 0 Å². The van der Waals surface area contributed by atoms with Crippen LogP contribution < -0.4 is 0 Å². The fourth-order valence-corrected chi connectivity index (χ4v) is 1.07. The summed E-state index contributed by atoms with van der Waals surface area (Å²) in [6.07, 6.45) is 4.93. The topological polar surface area (TPSA) is 173 Å². The second-order valence-electron chi connectivity index (χ2n) is 5.57. The molecule has 1 aromatic rings. The zero-order valence-corrected chi connectivity index (χ0v) is 18.3. The van der Waals surface area contributed by atoms with E-state index in [-0.39, 0.29) is 19.8 Å². The lowest BCUT2D eigenvalue weighted by molar-refractivity contribution is -0.132. The summed E-state index contributed by atoms with van der Waals surface area (Å²) in [5, 5.41) is 48.8. The highest BCUT2D eigenvalue weighted by atomic mass is 16.4. The first kappa shape index (κ1) is 35.9.